The first-order valence-electron chi connectivity index (χ1n) is 17.4. The van der Waals surface area contributed by atoms with E-state index >= 15 is 0 Å². The molecule has 2 aliphatic heterocycles. The van der Waals surface area contributed by atoms with Crippen LogP contribution in [-0.2, 0) is 49.7 Å². The first-order chi connectivity index (χ1) is 25.7. The molecular weight excluding hydrogens is 693 g/mol. The Morgan fingerprint density at radius 2 is 1.38 bits per heavy atom. The molecule has 0 saturated heterocycles. The summed E-state index contributed by atoms with van der Waals surface area (Å²) in [6.45, 7) is -0.378. The topological polar surface area (TPSA) is 163 Å². The standard InChI is InChI=1S/C41H40N4O7S/c46-37-25-52-30-17-15-27(16-18-30)23-36(41(50)51)45-39(48)34(22-26-8-2-1-3-9-26)43-40(49)35(24-29-12-6-11-28-10-4-5-14-32(28)29)44-38(47)33(42-37)20-19-31-13-7-21-53-31/h1-18,21,33-36H,19-20,22-25H2,(H,42,46)(H,43,49)(H,44,47)(H,45,48)(H,50,51)/t33-,34-,35+,36?/m0/s1. The summed E-state index contributed by atoms with van der Waals surface area (Å²) in [5.74, 6) is -3.33. The van der Waals surface area contributed by atoms with Crippen LogP contribution in [0.5, 0.6) is 5.75 Å². The zero-order valence-corrected chi connectivity index (χ0v) is 29.6. The van der Waals surface area contributed by atoms with Crippen LogP contribution in [0, 0.1) is 0 Å². The number of hydrogen-bond donors (Lipinski definition) is 5. The monoisotopic (exact) mass is 732 g/mol. The van der Waals surface area contributed by atoms with E-state index in [2.05, 4.69) is 21.3 Å². The summed E-state index contributed by atoms with van der Waals surface area (Å²) in [5.41, 5.74) is 2.13. The largest absolute Gasteiger partial charge is 0.484 e. The number of ether oxygens (including phenoxy) is 1. The van der Waals surface area contributed by atoms with Crippen molar-refractivity contribution in [2.75, 3.05) is 6.61 Å². The lowest BCUT2D eigenvalue weighted by molar-refractivity contribution is -0.142. The minimum atomic E-state index is -1.31. The fourth-order valence-electron chi connectivity index (χ4n) is 6.33. The Balaban J connectivity index is 1.36. The number of thiophene rings is 1. The number of fused-ring (bicyclic) bond motifs is 17. The zero-order valence-electron chi connectivity index (χ0n) is 28.8. The molecule has 272 valence electrons. The van der Waals surface area contributed by atoms with E-state index in [0.29, 0.717) is 17.7 Å². The van der Waals surface area contributed by atoms with E-state index in [1.54, 1.807) is 36.4 Å². The summed E-state index contributed by atoms with van der Waals surface area (Å²) >= 11 is 1.54. The number of hydrogen-bond acceptors (Lipinski definition) is 7. The molecule has 2 bridgehead atoms. The van der Waals surface area contributed by atoms with Crippen LogP contribution in [0.2, 0.25) is 0 Å². The lowest BCUT2D eigenvalue weighted by atomic mass is 9.97. The molecule has 4 atom stereocenters. The molecule has 0 saturated carbocycles. The smallest absolute Gasteiger partial charge is 0.326 e. The molecule has 7 rings (SSSR count). The summed E-state index contributed by atoms with van der Waals surface area (Å²) in [5, 5.41) is 25.0. The van der Waals surface area contributed by atoms with E-state index in [0.717, 1.165) is 26.8 Å². The highest BCUT2D eigenvalue weighted by atomic mass is 32.1. The minimum Gasteiger partial charge on any atom is -0.484 e. The highest BCUT2D eigenvalue weighted by molar-refractivity contribution is 7.09. The predicted molar refractivity (Wildman–Crippen MR) is 201 cm³/mol. The Bertz CT molecular complexity index is 2050. The van der Waals surface area contributed by atoms with Crippen molar-refractivity contribution in [3.63, 3.8) is 0 Å². The van der Waals surface area contributed by atoms with Crippen LogP contribution in [-0.4, -0.2) is 65.5 Å². The summed E-state index contributed by atoms with van der Waals surface area (Å²) in [4.78, 5) is 69.0. The summed E-state index contributed by atoms with van der Waals surface area (Å²) in [6.07, 6.45) is 0.845. The maximum atomic E-state index is 14.4. The summed E-state index contributed by atoms with van der Waals surface area (Å²) < 4.78 is 5.70. The molecule has 0 fully saturated rings. The highest BCUT2D eigenvalue weighted by Crippen LogP contribution is 2.21. The first-order valence-corrected chi connectivity index (χ1v) is 18.3. The quantitative estimate of drug-likeness (QED) is 0.151. The van der Waals surface area contributed by atoms with Gasteiger partial charge in [-0.25, -0.2) is 4.79 Å². The lowest BCUT2D eigenvalue weighted by Crippen LogP contribution is -2.59. The number of carbonyl (C=O) groups excluding carboxylic acids is 4. The number of amides is 4. The van der Waals surface area contributed by atoms with Crippen molar-refractivity contribution in [1.82, 2.24) is 21.3 Å². The second-order valence-electron chi connectivity index (χ2n) is 12.9. The van der Waals surface area contributed by atoms with Crippen molar-refractivity contribution in [2.24, 2.45) is 0 Å². The third-order valence-corrected chi connectivity index (χ3v) is 10.0. The summed E-state index contributed by atoms with van der Waals surface area (Å²) in [6, 6.07) is 28.1. The SMILES string of the molecule is O=C1COc2ccc(cc2)CC(C(=O)O)NC(=O)[C@H](Cc2ccccc2)NC(=O)[C@@H](Cc2cccc3ccccc23)NC(=O)[C@H](CCc2cccs2)N1. The van der Waals surface area contributed by atoms with Crippen LogP contribution in [0.25, 0.3) is 10.8 Å². The van der Waals surface area contributed by atoms with Gasteiger partial charge in [0.2, 0.25) is 17.7 Å². The Labute approximate surface area is 310 Å². The molecule has 4 aromatic carbocycles. The van der Waals surface area contributed by atoms with Gasteiger partial charge in [-0.3, -0.25) is 19.2 Å². The maximum absolute atomic E-state index is 14.4. The number of benzene rings is 4. The van der Waals surface area contributed by atoms with E-state index in [4.69, 9.17) is 4.74 Å². The number of nitrogens with one attached hydrogen (secondary N) is 4. The molecule has 53 heavy (non-hydrogen) atoms. The molecule has 0 radical (unpaired) electrons. The van der Waals surface area contributed by atoms with Crippen molar-refractivity contribution in [3.8, 4) is 5.75 Å². The van der Waals surface area contributed by atoms with Crippen LogP contribution in [0.15, 0.2) is 115 Å². The van der Waals surface area contributed by atoms with Gasteiger partial charge in [0, 0.05) is 24.1 Å². The Kier molecular flexibility index (Phi) is 12.1. The Morgan fingerprint density at radius 3 is 2.11 bits per heavy atom. The molecule has 1 unspecified atom stereocenters. The molecule has 2 aliphatic rings. The van der Waals surface area contributed by atoms with Crippen LogP contribution < -0.4 is 26.0 Å². The van der Waals surface area contributed by atoms with Gasteiger partial charge in [0.05, 0.1) is 0 Å². The van der Waals surface area contributed by atoms with Crippen molar-refractivity contribution < 1.29 is 33.8 Å². The van der Waals surface area contributed by atoms with Gasteiger partial charge < -0.3 is 31.1 Å². The third kappa shape index (κ3) is 10.1. The van der Waals surface area contributed by atoms with Gasteiger partial charge >= 0.3 is 5.97 Å². The van der Waals surface area contributed by atoms with Gasteiger partial charge in [-0.15, -0.1) is 11.3 Å². The van der Waals surface area contributed by atoms with Gasteiger partial charge in [-0.2, -0.15) is 0 Å². The minimum absolute atomic E-state index is 0.0421. The van der Waals surface area contributed by atoms with Crippen LogP contribution in [0.3, 0.4) is 0 Å². The Hall–Kier alpha value is -6.01. The molecular formula is C41H40N4O7S. The maximum Gasteiger partial charge on any atom is 0.326 e. The van der Waals surface area contributed by atoms with Gasteiger partial charge in [-0.1, -0.05) is 91.0 Å². The number of rotatable bonds is 8. The molecule has 5 aromatic rings. The van der Waals surface area contributed by atoms with E-state index in [9.17, 15) is 29.1 Å². The molecule has 5 N–H and O–H groups in total. The number of aliphatic carboxylic acids is 1. The van der Waals surface area contributed by atoms with Gasteiger partial charge in [0.15, 0.2) is 6.61 Å². The molecule has 0 aliphatic carbocycles. The molecule has 12 heteroatoms. The van der Waals surface area contributed by atoms with Gasteiger partial charge in [-0.05, 0) is 63.9 Å². The van der Waals surface area contributed by atoms with Crippen molar-refractivity contribution in [1.29, 1.82) is 0 Å². The van der Waals surface area contributed by atoms with E-state index < -0.39 is 53.8 Å². The molecule has 11 nitrogen and oxygen atoms in total. The van der Waals surface area contributed by atoms with Gasteiger partial charge in [0.25, 0.3) is 5.91 Å². The fourth-order valence-corrected chi connectivity index (χ4v) is 7.05. The summed E-state index contributed by atoms with van der Waals surface area (Å²) in [7, 11) is 0. The van der Waals surface area contributed by atoms with E-state index in [-0.39, 0.29) is 32.3 Å². The second kappa shape index (κ2) is 17.5. The normalized spacial score (nSPS) is 20.2. The predicted octanol–water partition coefficient (Wildman–Crippen LogP) is 3.98. The zero-order chi connectivity index (χ0) is 37.2. The van der Waals surface area contributed by atoms with Crippen LogP contribution >= 0.6 is 11.3 Å². The Morgan fingerprint density at radius 1 is 0.698 bits per heavy atom. The average molecular weight is 733 g/mol. The van der Waals surface area contributed by atoms with E-state index in [1.165, 1.54) is 11.3 Å². The number of carboxylic acid groups (broad SMARTS) is 1. The average Bonchev–Trinajstić information content (AvgIpc) is 3.69. The molecule has 4 amide bonds. The van der Waals surface area contributed by atoms with E-state index in [1.807, 2.05) is 78.2 Å². The van der Waals surface area contributed by atoms with Crippen molar-refractivity contribution >= 4 is 51.7 Å². The lowest BCUT2D eigenvalue weighted by Gasteiger charge is -2.26. The number of carbonyl (C=O) groups is 5. The van der Waals surface area contributed by atoms with Gasteiger partial charge in [0.1, 0.15) is 29.9 Å². The molecule has 1 aromatic heterocycles. The number of carboxylic acids is 1. The third-order valence-electron chi connectivity index (χ3n) is 9.11. The second-order valence-corrected chi connectivity index (χ2v) is 14.0. The molecule has 0 spiro atoms. The van der Waals surface area contributed by atoms with Crippen LogP contribution in [0.1, 0.15) is 28.0 Å². The van der Waals surface area contributed by atoms with Crippen LogP contribution in [0.4, 0.5) is 0 Å². The fraction of sp³-hybridized carbons (Fsp3) is 0.244. The van der Waals surface area contributed by atoms with Crippen molar-refractivity contribution in [2.45, 2.75) is 56.3 Å². The molecule has 3 heterocycles. The highest BCUT2D eigenvalue weighted by Gasteiger charge is 2.32. The van der Waals surface area contributed by atoms with Crippen molar-refractivity contribution in [3.05, 3.63) is 136 Å². The number of aryl methyl sites for hydroxylation is 1. The first kappa shape index (κ1) is 36.8.